The highest BCUT2D eigenvalue weighted by Gasteiger charge is 2.39. The average Bonchev–Trinajstić information content (AvgIpc) is 2.87. The van der Waals surface area contributed by atoms with Gasteiger partial charge in [-0.3, -0.25) is 10.1 Å². The Morgan fingerprint density at radius 3 is 2.64 bits per heavy atom. The van der Waals surface area contributed by atoms with Crippen molar-refractivity contribution < 1.29 is 13.8 Å². The SMILES string of the molecule is Cl.Nc1c(-c2nc(C3(N)CCC3)no2)cc(F)cc1[N+](=O)[O-]. The monoisotopic (exact) mass is 329 g/mol. The van der Waals surface area contributed by atoms with Crippen LogP contribution in [0.2, 0.25) is 0 Å². The highest BCUT2D eigenvalue weighted by atomic mass is 35.5. The predicted molar refractivity (Wildman–Crippen MR) is 77.7 cm³/mol. The summed E-state index contributed by atoms with van der Waals surface area (Å²) in [6.45, 7) is 0. The molecule has 0 aliphatic heterocycles. The molecule has 0 saturated heterocycles. The number of benzene rings is 1. The number of nitrogen functional groups attached to an aromatic ring is 1. The lowest BCUT2D eigenvalue weighted by molar-refractivity contribution is -0.384. The van der Waals surface area contributed by atoms with E-state index in [1.165, 1.54) is 0 Å². The van der Waals surface area contributed by atoms with Gasteiger partial charge in [-0.15, -0.1) is 12.4 Å². The van der Waals surface area contributed by atoms with Crippen LogP contribution in [0, 0.1) is 15.9 Å². The van der Waals surface area contributed by atoms with E-state index in [0.29, 0.717) is 5.82 Å². The minimum Gasteiger partial charge on any atom is -0.393 e. The summed E-state index contributed by atoms with van der Waals surface area (Å²) in [5.41, 5.74) is 10.3. The quantitative estimate of drug-likeness (QED) is 0.500. The molecule has 0 amide bonds. The summed E-state index contributed by atoms with van der Waals surface area (Å²) in [7, 11) is 0. The molecule has 1 fully saturated rings. The van der Waals surface area contributed by atoms with Gasteiger partial charge in [0.1, 0.15) is 11.5 Å². The number of hydrogen-bond donors (Lipinski definition) is 2. The number of halogens is 2. The molecule has 0 spiro atoms. The van der Waals surface area contributed by atoms with Gasteiger partial charge in [0, 0.05) is 0 Å². The van der Waals surface area contributed by atoms with Crippen LogP contribution in [0.25, 0.3) is 11.5 Å². The zero-order valence-corrected chi connectivity index (χ0v) is 12.1. The van der Waals surface area contributed by atoms with E-state index in [1.807, 2.05) is 0 Å². The molecule has 0 unspecified atom stereocenters. The number of aromatic nitrogens is 2. The molecule has 2 aromatic rings. The summed E-state index contributed by atoms with van der Waals surface area (Å²) >= 11 is 0. The van der Waals surface area contributed by atoms with E-state index in [4.69, 9.17) is 16.0 Å². The van der Waals surface area contributed by atoms with Crippen LogP contribution in [-0.2, 0) is 5.54 Å². The Bertz CT molecular complexity index is 732. The molecule has 4 N–H and O–H groups in total. The minimum atomic E-state index is -0.809. The molecule has 1 aliphatic rings. The Balaban J connectivity index is 0.00000176. The van der Waals surface area contributed by atoms with Gasteiger partial charge in [-0.2, -0.15) is 4.98 Å². The van der Waals surface area contributed by atoms with E-state index >= 15 is 0 Å². The fraction of sp³-hybridized carbons (Fsp3) is 0.333. The van der Waals surface area contributed by atoms with Gasteiger partial charge in [-0.25, -0.2) is 4.39 Å². The third kappa shape index (κ3) is 2.48. The van der Waals surface area contributed by atoms with E-state index in [0.717, 1.165) is 31.4 Å². The Hall–Kier alpha value is -2.26. The molecule has 1 heterocycles. The molecule has 1 aromatic heterocycles. The molecule has 0 radical (unpaired) electrons. The molecule has 3 rings (SSSR count). The summed E-state index contributed by atoms with van der Waals surface area (Å²) in [6.07, 6.45) is 2.42. The molecule has 1 saturated carbocycles. The first-order valence-corrected chi connectivity index (χ1v) is 6.27. The molecule has 118 valence electrons. The van der Waals surface area contributed by atoms with Gasteiger partial charge in [-0.05, 0) is 25.3 Å². The fourth-order valence-electron chi connectivity index (χ4n) is 2.25. The lowest BCUT2D eigenvalue weighted by Crippen LogP contribution is -2.44. The molecule has 10 heteroatoms. The first-order valence-electron chi connectivity index (χ1n) is 6.27. The van der Waals surface area contributed by atoms with Crippen molar-refractivity contribution in [1.82, 2.24) is 10.1 Å². The van der Waals surface area contributed by atoms with Gasteiger partial charge in [0.15, 0.2) is 5.82 Å². The molecule has 0 atom stereocenters. The third-order valence-electron chi connectivity index (χ3n) is 3.67. The van der Waals surface area contributed by atoms with Crippen LogP contribution in [0.1, 0.15) is 25.1 Å². The summed E-state index contributed by atoms with van der Waals surface area (Å²) in [5, 5.41) is 14.6. The standard InChI is InChI=1S/C12H12FN5O3.ClH/c13-6-4-7(9(14)8(5-6)18(19)20)10-16-11(17-21-10)12(15)2-1-3-12;/h4-5H,1-3,14-15H2;1H. The Labute approximate surface area is 130 Å². The number of nitrogens with zero attached hydrogens (tertiary/aromatic N) is 3. The lowest BCUT2D eigenvalue weighted by Gasteiger charge is -2.34. The Kier molecular flexibility index (Phi) is 4.03. The molecule has 1 aliphatic carbocycles. The molecule has 22 heavy (non-hydrogen) atoms. The predicted octanol–water partition coefficient (Wildman–Crippen LogP) is 2.13. The lowest BCUT2D eigenvalue weighted by atomic mass is 9.77. The van der Waals surface area contributed by atoms with E-state index in [-0.39, 0.29) is 29.5 Å². The van der Waals surface area contributed by atoms with E-state index in [9.17, 15) is 14.5 Å². The van der Waals surface area contributed by atoms with E-state index in [1.54, 1.807) is 0 Å². The van der Waals surface area contributed by atoms with Crippen LogP contribution in [-0.4, -0.2) is 15.1 Å². The van der Waals surface area contributed by atoms with Crippen LogP contribution in [0.15, 0.2) is 16.7 Å². The van der Waals surface area contributed by atoms with Crippen molar-refractivity contribution in [2.45, 2.75) is 24.8 Å². The number of anilines is 1. The number of nitrogens with two attached hydrogens (primary N) is 2. The minimum absolute atomic E-state index is 0. The van der Waals surface area contributed by atoms with Crippen molar-refractivity contribution in [3.63, 3.8) is 0 Å². The average molecular weight is 330 g/mol. The van der Waals surface area contributed by atoms with Crippen molar-refractivity contribution >= 4 is 23.8 Å². The third-order valence-corrected chi connectivity index (χ3v) is 3.67. The van der Waals surface area contributed by atoms with Gasteiger partial charge in [0.05, 0.1) is 22.1 Å². The highest BCUT2D eigenvalue weighted by Crippen LogP contribution is 2.39. The summed E-state index contributed by atoms with van der Waals surface area (Å²) in [4.78, 5) is 14.2. The zero-order valence-electron chi connectivity index (χ0n) is 11.3. The maximum absolute atomic E-state index is 13.5. The van der Waals surface area contributed by atoms with Gasteiger partial charge in [-0.1, -0.05) is 5.16 Å². The zero-order chi connectivity index (χ0) is 15.2. The molecule has 1 aromatic carbocycles. The number of hydrogen-bond acceptors (Lipinski definition) is 7. The maximum Gasteiger partial charge on any atom is 0.295 e. The first-order chi connectivity index (χ1) is 9.90. The van der Waals surface area contributed by atoms with Gasteiger partial charge in [0.2, 0.25) is 0 Å². The highest BCUT2D eigenvalue weighted by molar-refractivity contribution is 5.85. The van der Waals surface area contributed by atoms with Gasteiger partial charge >= 0.3 is 0 Å². The number of nitro groups is 1. The second-order valence-corrected chi connectivity index (χ2v) is 5.08. The van der Waals surface area contributed by atoms with E-state index < -0.39 is 22.0 Å². The second-order valence-electron chi connectivity index (χ2n) is 5.08. The Morgan fingerprint density at radius 2 is 2.09 bits per heavy atom. The number of rotatable bonds is 3. The van der Waals surface area contributed by atoms with Crippen LogP contribution < -0.4 is 11.5 Å². The topological polar surface area (TPSA) is 134 Å². The largest absolute Gasteiger partial charge is 0.393 e. The van der Waals surface area contributed by atoms with Gasteiger partial charge < -0.3 is 16.0 Å². The maximum atomic E-state index is 13.5. The fourth-order valence-corrected chi connectivity index (χ4v) is 2.25. The van der Waals surface area contributed by atoms with Crippen molar-refractivity contribution in [2.75, 3.05) is 5.73 Å². The van der Waals surface area contributed by atoms with Crippen molar-refractivity contribution in [1.29, 1.82) is 0 Å². The summed E-state index contributed by atoms with van der Waals surface area (Å²) in [6, 6.07) is 1.76. The summed E-state index contributed by atoms with van der Waals surface area (Å²) < 4.78 is 18.5. The Morgan fingerprint density at radius 1 is 1.41 bits per heavy atom. The van der Waals surface area contributed by atoms with Crippen molar-refractivity contribution in [3.05, 3.63) is 33.9 Å². The van der Waals surface area contributed by atoms with Crippen LogP contribution in [0.4, 0.5) is 15.8 Å². The van der Waals surface area contributed by atoms with E-state index in [2.05, 4.69) is 10.1 Å². The van der Waals surface area contributed by atoms with Crippen molar-refractivity contribution in [2.24, 2.45) is 5.73 Å². The van der Waals surface area contributed by atoms with Crippen LogP contribution in [0.3, 0.4) is 0 Å². The summed E-state index contributed by atoms with van der Waals surface area (Å²) in [5.74, 6) is -0.589. The molecular formula is C12H13ClFN5O3. The second kappa shape index (κ2) is 5.50. The molecular weight excluding hydrogens is 317 g/mol. The normalized spacial score (nSPS) is 15.7. The first kappa shape index (κ1) is 16.1. The molecule has 0 bridgehead atoms. The smallest absolute Gasteiger partial charge is 0.295 e. The van der Waals surface area contributed by atoms with Crippen molar-refractivity contribution in [3.8, 4) is 11.5 Å². The number of nitro benzene ring substituents is 1. The van der Waals surface area contributed by atoms with Crippen LogP contribution >= 0.6 is 12.4 Å². The van der Waals surface area contributed by atoms with Gasteiger partial charge in [0.25, 0.3) is 11.6 Å². The van der Waals surface area contributed by atoms with Crippen LogP contribution in [0.5, 0.6) is 0 Å². The molecule has 8 nitrogen and oxygen atoms in total.